The summed E-state index contributed by atoms with van der Waals surface area (Å²) in [5.41, 5.74) is 2.59. The quantitative estimate of drug-likeness (QED) is 0.865. The summed E-state index contributed by atoms with van der Waals surface area (Å²) < 4.78 is 5.16. The summed E-state index contributed by atoms with van der Waals surface area (Å²) in [6.45, 7) is 0. The highest BCUT2D eigenvalue weighted by Gasteiger charge is 2.20. The van der Waals surface area contributed by atoms with Gasteiger partial charge in [0.25, 0.3) is 0 Å². The number of hydrogen-bond acceptors (Lipinski definition) is 2. The number of nitrogens with one attached hydrogen (secondary N) is 1. The summed E-state index contributed by atoms with van der Waals surface area (Å²) in [4.78, 5) is 12.0. The summed E-state index contributed by atoms with van der Waals surface area (Å²) >= 11 is 0. The summed E-state index contributed by atoms with van der Waals surface area (Å²) in [7, 11) is 0. The average molecular weight is 267 g/mol. The molecule has 0 unspecified atom stereocenters. The summed E-state index contributed by atoms with van der Waals surface area (Å²) in [5.74, 6) is 0.604. The number of rotatable bonds is 3. The molecule has 2 aromatic rings. The minimum Gasteiger partial charge on any atom is -0.465 e. The first-order valence-corrected chi connectivity index (χ1v) is 6.93. The molecule has 1 heterocycles. The van der Waals surface area contributed by atoms with Crippen LogP contribution in [0.15, 0.2) is 53.2 Å². The Hall–Kier alpha value is -2.29. The molecule has 1 atom stereocenters. The van der Waals surface area contributed by atoms with Gasteiger partial charge in [-0.25, -0.2) is 0 Å². The van der Waals surface area contributed by atoms with Crippen molar-refractivity contribution in [2.24, 2.45) is 0 Å². The van der Waals surface area contributed by atoms with Gasteiger partial charge in [-0.1, -0.05) is 24.3 Å². The Morgan fingerprint density at radius 2 is 2.15 bits per heavy atom. The molecule has 1 aromatic heterocycles. The predicted octanol–water partition coefficient (Wildman–Crippen LogP) is 3.49. The van der Waals surface area contributed by atoms with E-state index in [0.717, 1.165) is 19.3 Å². The number of amides is 1. The topological polar surface area (TPSA) is 42.2 Å². The van der Waals surface area contributed by atoms with Crippen molar-refractivity contribution in [3.05, 3.63) is 65.6 Å². The lowest BCUT2D eigenvalue weighted by Crippen LogP contribution is -2.29. The molecule has 102 valence electrons. The van der Waals surface area contributed by atoms with Crippen molar-refractivity contribution < 1.29 is 9.21 Å². The van der Waals surface area contributed by atoms with E-state index in [1.807, 2.05) is 12.1 Å². The van der Waals surface area contributed by atoms with E-state index in [9.17, 15) is 4.79 Å². The van der Waals surface area contributed by atoms with E-state index in [0.29, 0.717) is 5.76 Å². The second-order valence-electron chi connectivity index (χ2n) is 5.00. The van der Waals surface area contributed by atoms with Gasteiger partial charge >= 0.3 is 0 Å². The number of carbonyl (C=O) groups is 1. The van der Waals surface area contributed by atoms with Crippen LogP contribution in [0.2, 0.25) is 0 Å². The first-order valence-electron chi connectivity index (χ1n) is 6.93. The van der Waals surface area contributed by atoms with Gasteiger partial charge in [0.1, 0.15) is 5.76 Å². The Bertz CT molecular complexity index is 614. The van der Waals surface area contributed by atoms with Crippen LogP contribution in [0.1, 0.15) is 35.8 Å². The van der Waals surface area contributed by atoms with Gasteiger partial charge in [0.2, 0.25) is 5.91 Å². The van der Waals surface area contributed by atoms with Crippen molar-refractivity contribution in [3.8, 4) is 0 Å². The van der Waals surface area contributed by atoms with Crippen molar-refractivity contribution in [3.63, 3.8) is 0 Å². The van der Waals surface area contributed by atoms with E-state index in [1.165, 1.54) is 17.2 Å². The van der Waals surface area contributed by atoms with Crippen LogP contribution in [0.25, 0.3) is 6.08 Å². The number of benzene rings is 1. The molecule has 1 aliphatic carbocycles. The van der Waals surface area contributed by atoms with E-state index in [4.69, 9.17) is 4.42 Å². The van der Waals surface area contributed by atoms with E-state index < -0.39 is 0 Å². The number of carbonyl (C=O) groups excluding carboxylic acids is 1. The Labute approximate surface area is 118 Å². The molecule has 3 heteroatoms. The van der Waals surface area contributed by atoms with Crippen LogP contribution < -0.4 is 5.32 Å². The SMILES string of the molecule is O=C(/C=C/c1ccco1)N[C@@H]1CCCc2ccccc21. The fraction of sp³-hybridized carbons (Fsp3) is 0.235. The fourth-order valence-electron chi connectivity index (χ4n) is 2.67. The van der Waals surface area contributed by atoms with Crippen molar-refractivity contribution >= 4 is 12.0 Å². The molecule has 1 amide bonds. The number of hydrogen-bond donors (Lipinski definition) is 1. The Kier molecular flexibility index (Phi) is 3.68. The smallest absolute Gasteiger partial charge is 0.244 e. The highest BCUT2D eigenvalue weighted by molar-refractivity contribution is 5.91. The molecule has 3 nitrogen and oxygen atoms in total. The van der Waals surface area contributed by atoms with E-state index in [2.05, 4.69) is 23.5 Å². The number of aryl methyl sites for hydroxylation is 1. The molecule has 1 aromatic carbocycles. The molecule has 0 saturated heterocycles. The zero-order valence-corrected chi connectivity index (χ0v) is 11.2. The highest BCUT2D eigenvalue weighted by Crippen LogP contribution is 2.29. The molecule has 3 rings (SSSR count). The third-order valence-electron chi connectivity index (χ3n) is 3.63. The molecule has 20 heavy (non-hydrogen) atoms. The van der Waals surface area contributed by atoms with Crippen molar-refractivity contribution in [1.29, 1.82) is 0 Å². The zero-order valence-electron chi connectivity index (χ0n) is 11.2. The Balaban J connectivity index is 1.68. The van der Waals surface area contributed by atoms with Crippen LogP contribution in [0, 0.1) is 0 Å². The van der Waals surface area contributed by atoms with Gasteiger partial charge < -0.3 is 9.73 Å². The van der Waals surface area contributed by atoms with Crippen LogP contribution in [-0.2, 0) is 11.2 Å². The Morgan fingerprint density at radius 1 is 1.25 bits per heavy atom. The maximum atomic E-state index is 12.0. The van der Waals surface area contributed by atoms with Gasteiger partial charge in [0, 0.05) is 6.08 Å². The van der Waals surface area contributed by atoms with Gasteiger partial charge in [-0.2, -0.15) is 0 Å². The van der Waals surface area contributed by atoms with E-state index in [1.54, 1.807) is 18.4 Å². The molecule has 0 aliphatic heterocycles. The van der Waals surface area contributed by atoms with Crippen LogP contribution in [0.5, 0.6) is 0 Å². The van der Waals surface area contributed by atoms with Gasteiger partial charge in [-0.3, -0.25) is 4.79 Å². The van der Waals surface area contributed by atoms with Crippen molar-refractivity contribution in [2.45, 2.75) is 25.3 Å². The largest absolute Gasteiger partial charge is 0.465 e. The number of fused-ring (bicyclic) bond motifs is 1. The molecular weight excluding hydrogens is 250 g/mol. The highest BCUT2D eigenvalue weighted by atomic mass is 16.3. The molecule has 0 radical (unpaired) electrons. The second-order valence-corrected chi connectivity index (χ2v) is 5.00. The molecule has 1 aliphatic rings. The maximum Gasteiger partial charge on any atom is 0.244 e. The first kappa shape index (κ1) is 12.7. The van der Waals surface area contributed by atoms with E-state index >= 15 is 0 Å². The van der Waals surface area contributed by atoms with Crippen molar-refractivity contribution in [2.75, 3.05) is 0 Å². The van der Waals surface area contributed by atoms with Gasteiger partial charge in [0.05, 0.1) is 12.3 Å². The molecule has 0 bridgehead atoms. The molecule has 0 fully saturated rings. The number of furan rings is 1. The lowest BCUT2D eigenvalue weighted by Gasteiger charge is -2.25. The monoisotopic (exact) mass is 267 g/mol. The normalized spacial score (nSPS) is 17.9. The van der Waals surface area contributed by atoms with Gasteiger partial charge in [-0.05, 0) is 48.6 Å². The van der Waals surface area contributed by atoms with Crippen LogP contribution in [0.3, 0.4) is 0 Å². The van der Waals surface area contributed by atoms with Gasteiger partial charge in [-0.15, -0.1) is 0 Å². The van der Waals surface area contributed by atoms with E-state index in [-0.39, 0.29) is 11.9 Å². The lowest BCUT2D eigenvalue weighted by molar-refractivity contribution is -0.117. The molecule has 0 saturated carbocycles. The first-order chi connectivity index (χ1) is 9.83. The molecule has 0 spiro atoms. The molecule has 1 N–H and O–H groups in total. The zero-order chi connectivity index (χ0) is 13.8. The minimum atomic E-state index is -0.0805. The van der Waals surface area contributed by atoms with Crippen molar-refractivity contribution in [1.82, 2.24) is 5.32 Å². The third-order valence-corrected chi connectivity index (χ3v) is 3.63. The predicted molar refractivity (Wildman–Crippen MR) is 78.0 cm³/mol. The summed E-state index contributed by atoms with van der Waals surface area (Å²) in [6.07, 6.45) is 8.01. The summed E-state index contributed by atoms with van der Waals surface area (Å²) in [5, 5.41) is 3.07. The maximum absolute atomic E-state index is 12.0. The lowest BCUT2D eigenvalue weighted by atomic mass is 9.88. The van der Waals surface area contributed by atoms with Crippen LogP contribution in [0.4, 0.5) is 0 Å². The minimum absolute atomic E-state index is 0.0805. The average Bonchev–Trinajstić information content (AvgIpc) is 2.99. The Morgan fingerprint density at radius 3 is 3.00 bits per heavy atom. The summed E-state index contributed by atoms with van der Waals surface area (Å²) in [6, 6.07) is 12.1. The van der Waals surface area contributed by atoms with Crippen LogP contribution in [-0.4, -0.2) is 5.91 Å². The third kappa shape index (κ3) is 2.82. The van der Waals surface area contributed by atoms with Crippen LogP contribution >= 0.6 is 0 Å². The van der Waals surface area contributed by atoms with Gasteiger partial charge in [0.15, 0.2) is 0 Å². The fourth-order valence-corrected chi connectivity index (χ4v) is 2.67. The molecular formula is C17H17NO2. The second kappa shape index (κ2) is 5.78. The standard InChI is InChI=1S/C17H17NO2/c19-17(11-10-14-7-4-12-20-14)18-16-9-3-6-13-5-1-2-8-15(13)16/h1-2,4-5,7-8,10-12,16H,3,6,9H2,(H,18,19)/b11-10+/t16-/m1/s1.